The zero-order chi connectivity index (χ0) is 29.4. The summed E-state index contributed by atoms with van der Waals surface area (Å²) in [5.41, 5.74) is 7.60. The van der Waals surface area contributed by atoms with Crippen LogP contribution in [-0.4, -0.2) is 57.2 Å². The molecule has 0 aliphatic carbocycles. The highest BCUT2D eigenvalue weighted by molar-refractivity contribution is 7.13. The average molecular weight is 593 g/mol. The number of unbranched alkanes of at least 4 members (excludes halogenated alkanes) is 1. The number of aryl methyl sites for hydroxylation is 3. The molecule has 1 fully saturated rings. The Hall–Kier alpha value is -4.50. The molecular formula is C34H36N6O2S. The van der Waals surface area contributed by atoms with Crippen molar-refractivity contribution in [1.29, 1.82) is 0 Å². The third kappa shape index (κ3) is 7.11. The number of carbonyl (C=O) groups excluding carboxylic acids is 1. The first kappa shape index (κ1) is 28.6. The Morgan fingerprint density at radius 1 is 0.953 bits per heavy atom. The van der Waals surface area contributed by atoms with Gasteiger partial charge in [0.05, 0.1) is 35.4 Å². The van der Waals surface area contributed by atoms with Crippen molar-refractivity contribution >= 4 is 17.4 Å². The molecule has 0 atom stereocenters. The molecular weight excluding hydrogens is 556 g/mol. The first-order valence-electron chi connectivity index (χ1n) is 15.0. The number of aromatic nitrogens is 4. The van der Waals surface area contributed by atoms with Gasteiger partial charge >= 0.3 is 6.03 Å². The van der Waals surface area contributed by atoms with E-state index in [1.807, 2.05) is 30.5 Å². The largest absolute Gasteiger partial charge is 0.491 e. The van der Waals surface area contributed by atoms with E-state index in [4.69, 9.17) is 9.72 Å². The van der Waals surface area contributed by atoms with Crippen molar-refractivity contribution in [3.05, 3.63) is 101 Å². The first-order chi connectivity index (χ1) is 21.2. The molecule has 1 aliphatic heterocycles. The van der Waals surface area contributed by atoms with E-state index in [0.717, 1.165) is 65.5 Å². The summed E-state index contributed by atoms with van der Waals surface area (Å²) in [6.07, 6.45) is 6.88. The third-order valence-electron chi connectivity index (χ3n) is 7.63. The van der Waals surface area contributed by atoms with Crippen molar-refractivity contribution < 1.29 is 9.53 Å². The van der Waals surface area contributed by atoms with Gasteiger partial charge in [-0.15, -0.1) is 16.4 Å². The zero-order valence-corrected chi connectivity index (χ0v) is 25.2. The Balaban J connectivity index is 1.16. The number of benzene rings is 3. The number of ether oxygens (including phenoxy) is 1. The van der Waals surface area contributed by atoms with E-state index in [1.54, 1.807) is 20.9 Å². The SMILES string of the molecule is CCCCc1cn(-c2ccc(-c3nc(CCc4ccc(-c5ccccc5)cc4)cs3)c(OCCN3CCNC3=O)c2)nn1. The number of urea groups is 1. The monoisotopic (exact) mass is 592 g/mol. The molecule has 0 unspecified atom stereocenters. The van der Waals surface area contributed by atoms with Crippen LogP contribution in [0.2, 0.25) is 0 Å². The molecule has 3 heterocycles. The van der Waals surface area contributed by atoms with Crippen LogP contribution in [0.4, 0.5) is 4.79 Å². The smallest absolute Gasteiger partial charge is 0.317 e. The molecule has 0 bridgehead atoms. The number of rotatable bonds is 13. The topological polar surface area (TPSA) is 85.2 Å². The maximum Gasteiger partial charge on any atom is 0.317 e. The van der Waals surface area contributed by atoms with Gasteiger partial charge in [-0.25, -0.2) is 14.5 Å². The highest BCUT2D eigenvalue weighted by Gasteiger charge is 2.20. The van der Waals surface area contributed by atoms with Crippen LogP contribution in [0.3, 0.4) is 0 Å². The van der Waals surface area contributed by atoms with Gasteiger partial charge in [-0.1, -0.05) is 73.2 Å². The van der Waals surface area contributed by atoms with Crippen LogP contribution >= 0.6 is 11.3 Å². The predicted octanol–water partition coefficient (Wildman–Crippen LogP) is 6.59. The molecule has 1 aliphatic rings. The molecule has 2 aromatic heterocycles. The molecule has 0 spiro atoms. The van der Waals surface area contributed by atoms with Gasteiger partial charge in [-0.3, -0.25) is 0 Å². The van der Waals surface area contributed by atoms with Crippen LogP contribution in [0.15, 0.2) is 84.4 Å². The van der Waals surface area contributed by atoms with Crippen molar-refractivity contribution in [2.24, 2.45) is 0 Å². The summed E-state index contributed by atoms with van der Waals surface area (Å²) in [5, 5.41) is 14.6. The number of thiazole rings is 1. The standard InChI is InChI=1S/C34H36N6O2S/c1-2-3-9-28-23-40(38-37-28)30-16-17-31(32(22-30)42-21-20-39-19-18-35-34(39)41)33-36-29(24-43-33)15-12-25-10-13-27(14-11-25)26-7-5-4-6-8-26/h4-8,10-11,13-14,16-17,22-24H,2-3,9,12,15,18-21H2,1H3,(H,35,41). The molecule has 2 amide bonds. The minimum Gasteiger partial charge on any atom is -0.491 e. The molecule has 1 saturated heterocycles. The minimum absolute atomic E-state index is 0.0425. The Labute approximate surface area is 256 Å². The highest BCUT2D eigenvalue weighted by Crippen LogP contribution is 2.34. The number of nitrogens with one attached hydrogen (secondary N) is 1. The van der Waals surface area contributed by atoms with Crippen molar-refractivity contribution in [2.75, 3.05) is 26.2 Å². The van der Waals surface area contributed by atoms with Gasteiger partial charge < -0.3 is 15.0 Å². The summed E-state index contributed by atoms with van der Waals surface area (Å²) in [5.74, 6) is 0.722. The van der Waals surface area contributed by atoms with Crippen LogP contribution in [-0.2, 0) is 19.3 Å². The van der Waals surface area contributed by atoms with Crippen molar-refractivity contribution in [1.82, 2.24) is 30.2 Å². The van der Waals surface area contributed by atoms with Gasteiger partial charge in [0.15, 0.2) is 0 Å². The molecule has 8 nitrogen and oxygen atoms in total. The Morgan fingerprint density at radius 2 is 1.79 bits per heavy atom. The molecule has 3 aromatic carbocycles. The molecule has 43 heavy (non-hydrogen) atoms. The summed E-state index contributed by atoms with van der Waals surface area (Å²) < 4.78 is 8.10. The van der Waals surface area contributed by atoms with E-state index in [2.05, 4.69) is 76.5 Å². The minimum atomic E-state index is -0.0425. The summed E-state index contributed by atoms with van der Waals surface area (Å²) in [4.78, 5) is 18.8. The number of amides is 2. The number of nitrogens with zero attached hydrogens (tertiary/aromatic N) is 5. The number of hydrogen-bond acceptors (Lipinski definition) is 6. The highest BCUT2D eigenvalue weighted by atomic mass is 32.1. The summed E-state index contributed by atoms with van der Waals surface area (Å²) in [7, 11) is 0. The van der Waals surface area contributed by atoms with Crippen molar-refractivity contribution in [2.45, 2.75) is 39.0 Å². The lowest BCUT2D eigenvalue weighted by molar-refractivity contribution is 0.203. The lowest BCUT2D eigenvalue weighted by Gasteiger charge is -2.16. The zero-order valence-electron chi connectivity index (χ0n) is 24.4. The number of carbonyl (C=O) groups is 1. The average Bonchev–Trinajstić information content (AvgIpc) is 3.82. The first-order valence-corrected chi connectivity index (χ1v) is 15.8. The summed E-state index contributed by atoms with van der Waals surface area (Å²) in [6.45, 7) is 4.45. The molecule has 1 N–H and O–H groups in total. The fourth-order valence-corrected chi connectivity index (χ4v) is 6.03. The van der Waals surface area contributed by atoms with E-state index >= 15 is 0 Å². The lowest BCUT2D eigenvalue weighted by atomic mass is 10.0. The van der Waals surface area contributed by atoms with Crippen LogP contribution in [0, 0.1) is 0 Å². The number of hydrogen-bond donors (Lipinski definition) is 1. The fourth-order valence-electron chi connectivity index (χ4n) is 5.15. The summed E-state index contributed by atoms with van der Waals surface area (Å²) in [6, 6.07) is 25.3. The second kappa shape index (κ2) is 13.6. The van der Waals surface area contributed by atoms with Gasteiger partial charge in [0.1, 0.15) is 17.4 Å². The van der Waals surface area contributed by atoms with Crippen molar-refractivity contribution in [3.8, 4) is 33.1 Å². The van der Waals surface area contributed by atoms with Crippen LogP contribution in [0.1, 0.15) is 36.7 Å². The molecule has 6 rings (SSSR count). The molecule has 0 saturated carbocycles. The van der Waals surface area contributed by atoms with E-state index < -0.39 is 0 Å². The van der Waals surface area contributed by atoms with Gasteiger partial charge in [0, 0.05) is 24.5 Å². The Kier molecular flexibility index (Phi) is 9.08. The van der Waals surface area contributed by atoms with E-state index in [9.17, 15) is 4.79 Å². The second-order valence-corrected chi connectivity index (χ2v) is 11.6. The van der Waals surface area contributed by atoms with Gasteiger partial charge in [-0.05, 0) is 54.5 Å². The van der Waals surface area contributed by atoms with Gasteiger partial charge in [0.2, 0.25) is 0 Å². The Morgan fingerprint density at radius 3 is 2.58 bits per heavy atom. The quantitative estimate of drug-likeness (QED) is 0.167. The maximum absolute atomic E-state index is 12.0. The maximum atomic E-state index is 12.0. The molecule has 0 radical (unpaired) electrons. The fraction of sp³-hybridized carbons (Fsp3) is 0.294. The second-order valence-electron chi connectivity index (χ2n) is 10.7. The van der Waals surface area contributed by atoms with Gasteiger partial charge in [0.25, 0.3) is 0 Å². The predicted molar refractivity (Wildman–Crippen MR) is 171 cm³/mol. The third-order valence-corrected chi connectivity index (χ3v) is 8.56. The van der Waals surface area contributed by atoms with Crippen molar-refractivity contribution in [3.63, 3.8) is 0 Å². The van der Waals surface area contributed by atoms with Gasteiger partial charge in [-0.2, -0.15) is 0 Å². The van der Waals surface area contributed by atoms with E-state index in [-0.39, 0.29) is 6.03 Å². The Bertz CT molecular complexity index is 1650. The van der Waals surface area contributed by atoms with Crippen LogP contribution in [0.5, 0.6) is 5.75 Å². The summed E-state index contributed by atoms with van der Waals surface area (Å²) >= 11 is 1.63. The normalized spacial score (nSPS) is 13.0. The van der Waals surface area contributed by atoms with Crippen LogP contribution < -0.4 is 10.1 Å². The lowest BCUT2D eigenvalue weighted by Crippen LogP contribution is -2.31. The molecule has 220 valence electrons. The molecule has 9 heteroatoms. The van der Waals surface area contributed by atoms with Crippen LogP contribution in [0.25, 0.3) is 27.4 Å². The van der Waals surface area contributed by atoms with E-state index in [1.165, 1.54) is 16.7 Å². The molecule has 5 aromatic rings. The van der Waals surface area contributed by atoms with E-state index in [0.29, 0.717) is 26.2 Å².